The first-order valence-electron chi connectivity index (χ1n) is 6.73. The Morgan fingerprint density at radius 2 is 1.72 bits per heavy atom. The molecule has 2 aliphatic heterocycles. The van der Waals surface area contributed by atoms with Crippen LogP contribution in [0, 0.1) is 0 Å². The van der Waals surface area contributed by atoms with E-state index in [-0.39, 0.29) is 17.4 Å². The molecule has 0 bridgehead atoms. The van der Waals surface area contributed by atoms with Crippen LogP contribution in [0.25, 0.3) is 0 Å². The van der Waals surface area contributed by atoms with E-state index in [9.17, 15) is 31.1 Å². The van der Waals surface area contributed by atoms with E-state index in [0.717, 1.165) is 0 Å². The highest BCUT2D eigenvalue weighted by Gasteiger charge is 2.72. The minimum atomic E-state index is -5.57. The molecule has 0 radical (unpaired) electrons. The molecule has 6 nitrogen and oxygen atoms in total. The number of carbonyl (C=O) groups excluding carboxylic acids is 1. The van der Waals surface area contributed by atoms with Crippen LogP contribution >= 0.6 is 0 Å². The van der Waals surface area contributed by atoms with Gasteiger partial charge in [-0.3, -0.25) is 4.70 Å². The van der Waals surface area contributed by atoms with Crippen molar-refractivity contribution in [2.24, 2.45) is 0 Å². The second-order valence-electron chi connectivity index (χ2n) is 5.52. The number of rotatable bonds is 3. The van der Waals surface area contributed by atoms with Crippen molar-refractivity contribution in [3.8, 4) is 0 Å². The van der Waals surface area contributed by atoms with Crippen molar-refractivity contribution in [3.05, 3.63) is 0 Å². The van der Waals surface area contributed by atoms with E-state index in [1.165, 1.54) is 6.92 Å². The van der Waals surface area contributed by atoms with Gasteiger partial charge in [-0.1, -0.05) is 0 Å². The van der Waals surface area contributed by atoms with Gasteiger partial charge in [-0.05, 0) is 13.8 Å². The Labute approximate surface area is 136 Å². The van der Waals surface area contributed by atoms with Crippen LogP contribution in [0.5, 0.6) is 0 Å². The highest BCUT2D eigenvalue weighted by molar-refractivity contribution is 5.79. The number of halogens is 7. The van der Waals surface area contributed by atoms with Gasteiger partial charge in [0.05, 0.1) is 19.3 Å². The summed E-state index contributed by atoms with van der Waals surface area (Å²) in [4.78, 5) is 11.8. The minimum absolute atomic E-state index is 0. The van der Waals surface area contributed by atoms with Crippen molar-refractivity contribution in [2.45, 2.75) is 50.0 Å². The summed E-state index contributed by atoms with van der Waals surface area (Å²) in [5, 5.41) is 0. The number of carbonyl (C=O) groups is 1. The monoisotopic (exact) mass is 388 g/mol. The molecule has 2 rings (SSSR count). The fourth-order valence-electron chi connectivity index (χ4n) is 2.15. The summed E-state index contributed by atoms with van der Waals surface area (Å²) in [7, 11) is 0. The van der Waals surface area contributed by atoms with E-state index < -0.39 is 49.2 Å². The zero-order chi connectivity index (χ0) is 18.4. The summed E-state index contributed by atoms with van der Waals surface area (Å²) in [6.07, 6.45) is -14.0. The smallest absolute Gasteiger partial charge is 0.455 e. The number of esters is 1. The molecule has 2 heterocycles. The second kappa shape index (κ2) is 6.85. The normalized spacial score (nSPS) is 36.2. The molecule has 2 aliphatic rings. The summed E-state index contributed by atoms with van der Waals surface area (Å²) in [5.41, 5.74) is 0. The third-order valence-electron chi connectivity index (χ3n) is 3.29. The molecule has 0 N–H and O–H groups in total. The fraction of sp³-hybridized carbons (Fsp3) is 0.917. The zero-order valence-electron chi connectivity index (χ0n) is 12.9. The Morgan fingerprint density at radius 3 is 2.12 bits per heavy atom. The van der Waals surface area contributed by atoms with Gasteiger partial charge in [-0.25, -0.2) is 4.79 Å². The maximum absolute atomic E-state index is 13.1. The van der Waals surface area contributed by atoms with Crippen molar-refractivity contribution < 1.29 is 59.5 Å². The van der Waals surface area contributed by atoms with E-state index in [0.29, 0.717) is 0 Å². The third kappa shape index (κ3) is 4.33. The Bertz CT molecular complexity index is 495. The first-order valence-corrected chi connectivity index (χ1v) is 6.73. The van der Waals surface area contributed by atoms with Crippen molar-refractivity contribution in [3.63, 3.8) is 0 Å². The molecule has 148 valence electrons. The molecular weight excluding hydrogens is 373 g/mol. The Hall–Kier alpha value is -1.18. The quantitative estimate of drug-likeness (QED) is 0.545. The van der Waals surface area contributed by atoms with E-state index in [1.54, 1.807) is 6.92 Å². The molecule has 4 atom stereocenters. The van der Waals surface area contributed by atoms with Gasteiger partial charge in [0.2, 0.25) is 0 Å². The number of ether oxygens (including phenoxy) is 5. The average Bonchev–Trinajstić information content (AvgIpc) is 3.00. The highest BCUT2D eigenvalue weighted by Crippen LogP contribution is 2.44. The standard InChI is InChI=1S/C12H14F6O6.FH/c1-6-3-21-9(2,23-6)5-20-8(19)10(12(16,17)18)22-4-7(24-10)11(13,14)15;/h6-7H,3-5H2,1-2H3;1H. The van der Waals surface area contributed by atoms with E-state index in [2.05, 4.69) is 14.2 Å². The summed E-state index contributed by atoms with van der Waals surface area (Å²) >= 11 is 0. The molecule has 4 unspecified atom stereocenters. The minimum Gasteiger partial charge on any atom is -0.456 e. The summed E-state index contributed by atoms with van der Waals surface area (Å²) in [6, 6.07) is 0. The topological polar surface area (TPSA) is 63.2 Å². The van der Waals surface area contributed by atoms with Crippen LogP contribution in [0.3, 0.4) is 0 Å². The predicted molar refractivity (Wildman–Crippen MR) is 64.0 cm³/mol. The largest absolute Gasteiger partial charge is 0.456 e. The van der Waals surface area contributed by atoms with Crippen molar-refractivity contribution in [1.82, 2.24) is 0 Å². The lowest BCUT2D eigenvalue weighted by Crippen LogP contribution is -2.55. The van der Waals surface area contributed by atoms with Crippen LogP contribution in [0.4, 0.5) is 31.0 Å². The lowest BCUT2D eigenvalue weighted by Gasteiger charge is -2.29. The predicted octanol–water partition coefficient (Wildman–Crippen LogP) is 2.07. The van der Waals surface area contributed by atoms with Crippen LogP contribution in [0.1, 0.15) is 13.8 Å². The maximum atomic E-state index is 13.1. The van der Waals surface area contributed by atoms with Gasteiger partial charge in [0.1, 0.15) is 6.61 Å². The number of hydrogen-bond acceptors (Lipinski definition) is 6. The lowest BCUT2D eigenvalue weighted by atomic mass is 10.2. The highest BCUT2D eigenvalue weighted by atomic mass is 19.4. The van der Waals surface area contributed by atoms with Crippen molar-refractivity contribution in [2.75, 3.05) is 19.8 Å². The molecule has 0 spiro atoms. The zero-order valence-corrected chi connectivity index (χ0v) is 12.9. The Morgan fingerprint density at radius 1 is 1.12 bits per heavy atom. The van der Waals surface area contributed by atoms with Gasteiger partial charge < -0.3 is 23.7 Å². The first-order chi connectivity index (χ1) is 10.8. The Kier molecular flexibility index (Phi) is 5.99. The van der Waals surface area contributed by atoms with E-state index >= 15 is 0 Å². The van der Waals surface area contributed by atoms with Gasteiger partial charge in [0.15, 0.2) is 11.9 Å². The van der Waals surface area contributed by atoms with Gasteiger partial charge >= 0.3 is 24.1 Å². The molecule has 2 saturated heterocycles. The van der Waals surface area contributed by atoms with Crippen LogP contribution in [0.2, 0.25) is 0 Å². The van der Waals surface area contributed by atoms with Crippen LogP contribution < -0.4 is 0 Å². The van der Waals surface area contributed by atoms with E-state index in [1.807, 2.05) is 0 Å². The van der Waals surface area contributed by atoms with Crippen molar-refractivity contribution >= 4 is 5.97 Å². The van der Waals surface area contributed by atoms with Gasteiger partial charge in [0, 0.05) is 0 Å². The maximum Gasteiger partial charge on any atom is 0.455 e. The third-order valence-corrected chi connectivity index (χ3v) is 3.29. The molecule has 0 aromatic rings. The van der Waals surface area contributed by atoms with Crippen LogP contribution in [0.15, 0.2) is 0 Å². The molecule has 2 fully saturated rings. The lowest BCUT2D eigenvalue weighted by molar-refractivity contribution is -0.349. The molecule has 0 aromatic heterocycles. The van der Waals surface area contributed by atoms with E-state index in [4.69, 9.17) is 9.47 Å². The molecule has 0 aromatic carbocycles. The molecule has 0 aliphatic carbocycles. The SMILES string of the molecule is CC1COC(C)(COC(=O)C2(C(F)(F)F)OCC(C(F)(F)F)O2)O1.F. The molecule has 0 saturated carbocycles. The fourth-order valence-corrected chi connectivity index (χ4v) is 2.15. The number of alkyl halides is 6. The summed E-state index contributed by atoms with van der Waals surface area (Å²) in [6.45, 7) is 0.763. The van der Waals surface area contributed by atoms with Crippen LogP contribution in [-0.2, 0) is 28.5 Å². The summed E-state index contributed by atoms with van der Waals surface area (Å²) < 4.78 is 99.6. The number of hydrogen-bond donors (Lipinski definition) is 0. The van der Waals surface area contributed by atoms with Gasteiger partial charge in [0.25, 0.3) is 0 Å². The molecule has 25 heavy (non-hydrogen) atoms. The molecular formula is C12H15F7O6. The first kappa shape index (κ1) is 21.9. The second-order valence-corrected chi connectivity index (χ2v) is 5.52. The van der Waals surface area contributed by atoms with Gasteiger partial charge in [-0.15, -0.1) is 0 Å². The molecule has 0 amide bonds. The summed E-state index contributed by atoms with van der Waals surface area (Å²) in [5.74, 6) is -7.81. The average molecular weight is 388 g/mol. The van der Waals surface area contributed by atoms with Gasteiger partial charge in [-0.2, -0.15) is 26.3 Å². The van der Waals surface area contributed by atoms with Crippen LogP contribution in [-0.4, -0.2) is 61.9 Å². The Balaban J connectivity index is 0.00000312. The molecule has 13 heteroatoms. The van der Waals surface area contributed by atoms with Crippen molar-refractivity contribution in [1.29, 1.82) is 0 Å².